The number of ether oxygens (including phenoxy) is 4. The van der Waals surface area contributed by atoms with Gasteiger partial charge in [-0.3, -0.25) is 0 Å². The summed E-state index contributed by atoms with van der Waals surface area (Å²) >= 11 is 12.6. The van der Waals surface area contributed by atoms with E-state index in [-0.39, 0.29) is 32.8 Å². The van der Waals surface area contributed by atoms with Crippen molar-refractivity contribution in [3.8, 4) is 29.1 Å². The molecule has 0 aliphatic carbocycles. The average molecular weight is 567 g/mol. The van der Waals surface area contributed by atoms with E-state index in [4.69, 9.17) is 47.9 Å². The highest BCUT2D eigenvalue weighted by Crippen LogP contribution is 2.46. The van der Waals surface area contributed by atoms with Crippen LogP contribution in [0.4, 0.5) is 0 Å². The summed E-state index contributed by atoms with van der Waals surface area (Å²) in [5.74, 6) is 0.363. The van der Waals surface area contributed by atoms with Crippen LogP contribution in [0.15, 0.2) is 66.1 Å². The molecule has 0 saturated carbocycles. The standard InChI is InChI=1S/C30H28Cl2N2O5/c1-3-5-13-36-25-9-7-6-8-20(25)27-21-11-10-19(16-26(21)39-29(34)22(27)17-33)38-30(35)18-14-23(31)28(24(32)15-18)37-12-4-2/h6-11,14-16,27H,3-5,12-13,34H2,1-2H3. The number of nitrogens with zero attached hydrogens (tertiary/aromatic N) is 1. The maximum Gasteiger partial charge on any atom is 0.343 e. The molecule has 1 aliphatic heterocycles. The van der Waals surface area contributed by atoms with Crippen LogP contribution in [0.5, 0.6) is 23.0 Å². The third kappa shape index (κ3) is 6.25. The number of nitriles is 1. The summed E-state index contributed by atoms with van der Waals surface area (Å²) in [4.78, 5) is 12.9. The van der Waals surface area contributed by atoms with Crippen LogP contribution in [-0.4, -0.2) is 19.2 Å². The van der Waals surface area contributed by atoms with Gasteiger partial charge in [0.2, 0.25) is 5.88 Å². The predicted molar refractivity (Wildman–Crippen MR) is 150 cm³/mol. The normalized spacial score (nSPS) is 14.2. The Kier molecular flexibility index (Phi) is 9.23. The molecule has 202 valence electrons. The van der Waals surface area contributed by atoms with Crippen molar-refractivity contribution in [3.63, 3.8) is 0 Å². The molecule has 9 heteroatoms. The number of unbranched alkanes of at least 4 members (excludes halogenated alkanes) is 1. The second kappa shape index (κ2) is 12.8. The highest BCUT2D eigenvalue weighted by atomic mass is 35.5. The lowest BCUT2D eigenvalue weighted by Gasteiger charge is -2.28. The first-order valence-electron chi connectivity index (χ1n) is 12.6. The number of carbonyl (C=O) groups is 1. The number of hydrogen-bond donors (Lipinski definition) is 1. The Labute approximate surface area is 237 Å². The highest BCUT2D eigenvalue weighted by molar-refractivity contribution is 6.37. The quantitative estimate of drug-likeness (QED) is 0.155. The zero-order valence-corrected chi connectivity index (χ0v) is 23.1. The number of halogens is 2. The molecule has 1 unspecified atom stereocenters. The molecule has 0 fully saturated rings. The van der Waals surface area contributed by atoms with Crippen molar-refractivity contribution >= 4 is 29.2 Å². The van der Waals surface area contributed by atoms with Crippen molar-refractivity contribution in [2.24, 2.45) is 5.73 Å². The fraction of sp³-hybridized carbons (Fsp3) is 0.267. The fourth-order valence-electron chi connectivity index (χ4n) is 4.18. The summed E-state index contributed by atoms with van der Waals surface area (Å²) in [6, 6.07) is 17.6. The van der Waals surface area contributed by atoms with Crippen LogP contribution in [0, 0.1) is 11.3 Å². The molecular weight excluding hydrogens is 539 g/mol. The molecular formula is C30H28Cl2N2O5. The minimum atomic E-state index is -0.663. The van der Waals surface area contributed by atoms with Crippen molar-refractivity contribution in [2.45, 2.75) is 39.0 Å². The number of benzene rings is 3. The Morgan fingerprint density at radius 2 is 1.74 bits per heavy atom. The SMILES string of the molecule is CCCCOc1ccccc1C1C(C#N)=C(N)Oc2cc(OC(=O)c3cc(Cl)c(OCCC)c(Cl)c3)ccc21. The number of nitrogens with two attached hydrogens (primary N) is 1. The predicted octanol–water partition coefficient (Wildman–Crippen LogP) is 7.40. The van der Waals surface area contributed by atoms with Crippen molar-refractivity contribution in [1.82, 2.24) is 0 Å². The number of esters is 1. The van der Waals surface area contributed by atoms with Gasteiger partial charge in [-0.15, -0.1) is 0 Å². The van der Waals surface area contributed by atoms with E-state index in [0.717, 1.165) is 24.8 Å². The van der Waals surface area contributed by atoms with Gasteiger partial charge in [-0.1, -0.05) is 67.7 Å². The van der Waals surface area contributed by atoms with Gasteiger partial charge in [-0.2, -0.15) is 5.26 Å². The molecule has 0 amide bonds. The van der Waals surface area contributed by atoms with Gasteiger partial charge in [0.1, 0.15) is 28.9 Å². The molecule has 0 spiro atoms. The number of fused-ring (bicyclic) bond motifs is 1. The average Bonchev–Trinajstić information content (AvgIpc) is 2.92. The molecule has 0 bridgehead atoms. The third-order valence-corrected chi connectivity index (χ3v) is 6.63. The Hall–Kier alpha value is -3.86. The van der Waals surface area contributed by atoms with Crippen LogP contribution in [0.2, 0.25) is 10.0 Å². The largest absolute Gasteiger partial charge is 0.493 e. The molecule has 3 aromatic rings. The maximum absolute atomic E-state index is 12.9. The molecule has 3 aromatic carbocycles. The second-order valence-corrected chi connectivity index (χ2v) is 9.69. The summed E-state index contributed by atoms with van der Waals surface area (Å²) in [6.45, 7) is 5.05. The van der Waals surface area contributed by atoms with E-state index < -0.39 is 11.9 Å². The van der Waals surface area contributed by atoms with E-state index in [1.165, 1.54) is 12.1 Å². The number of hydrogen-bond acceptors (Lipinski definition) is 7. The Balaban J connectivity index is 1.64. The summed E-state index contributed by atoms with van der Waals surface area (Å²) in [5.41, 5.74) is 8.09. The molecule has 0 saturated heterocycles. The van der Waals surface area contributed by atoms with Crippen LogP contribution in [0.1, 0.15) is 60.5 Å². The first-order chi connectivity index (χ1) is 18.9. The lowest BCUT2D eigenvalue weighted by molar-refractivity contribution is 0.0734. The van der Waals surface area contributed by atoms with Gasteiger partial charge in [0.25, 0.3) is 0 Å². The molecule has 1 aliphatic rings. The van der Waals surface area contributed by atoms with E-state index in [1.54, 1.807) is 18.2 Å². The van der Waals surface area contributed by atoms with Crippen molar-refractivity contribution in [1.29, 1.82) is 5.26 Å². The molecule has 0 radical (unpaired) electrons. The van der Waals surface area contributed by atoms with Gasteiger partial charge in [-0.25, -0.2) is 4.79 Å². The fourth-order valence-corrected chi connectivity index (χ4v) is 4.78. The Bertz CT molecular complexity index is 1420. The van der Waals surface area contributed by atoms with Gasteiger partial charge in [-0.05, 0) is 37.1 Å². The lowest BCUT2D eigenvalue weighted by atomic mass is 9.83. The van der Waals surface area contributed by atoms with Gasteiger partial charge in [0.05, 0.1) is 34.7 Å². The Morgan fingerprint density at radius 1 is 1.00 bits per heavy atom. The number of para-hydroxylation sites is 1. The van der Waals surface area contributed by atoms with E-state index >= 15 is 0 Å². The van der Waals surface area contributed by atoms with Crippen LogP contribution in [0.3, 0.4) is 0 Å². The molecule has 2 N–H and O–H groups in total. The molecule has 0 aromatic heterocycles. The van der Waals surface area contributed by atoms with Crippen LogP contribution in [-0.2, 0) is 0 Å². The van der Waals surface area contributed by atoms with Crippen molar-refractivity contribution in [2.75, 3.05) is 13.2 Å². The molecule has 4 rings (SSSR count). The number of carbonyl (C=O) groups excluding carboxylic acids is 1. The monoisotopic (exact) mass is 566 g/mol. The van der Waals surface area contributed by atoms with Gasteiger partial charge >= 0.3 is 5.97 Å². The van der Waals surface area contributed by atoms with E-state index in [2.05, 4.69) is 13.0 Å². The molecule has 1 atom stereocenters. The van der Waals surface area contributed by atoms with Gasteiger partial charge in [0.15, 0.2) is 5.75 Å². The molecule has 39 heavy (non-hydrogen) atoms. The number of allylic oxidation sites excluding steroid dienone is 1. The zero-order chi connectivity index (χ0) is 27.9. The Morgan fingerprint density at radius 3 is 2.44 bits per heavy atom. The second-order valence-electron chi connectivity index (χ2n) is 8.87. The number of rotatable bonds is 10. The summed E-state index contributed by atoms with van der Waals surface area (Å²) in [7, 11) is 0. The summed E-state index contributed by atoms with van der Waals surface area (Å²) in [5, 5.41) is 10.3. The summed E-state index contributed by atoms with van der Waals surface area (Å²) < 4.78 is 23.0. The molecule has 7 nitrogen and oxygen atoms in total. The van der Waals surface area contributed by atoms with E-state index in [1.807, 2.05) is 31.2 Å². The van der Waals surface area contributed by atoms with Gasteiger partial charge < -0.3 is 24.7 Å². The highest BCUT2D eigenvalue weighted by Gasteiger charge is 2.33. The topological polar surface area (TPSA) is 104 Å². The van der Waals surface area contributed by atoms with Crippen molar-refractivity contribution < 1.29 is 23.7 Å². The van der Waals surface area contributed by atoms with Gasteiger partial charge in [0, 0.05) is 17.2 Å². The van der Waals surface area contributed by atoms with Crippen LogP contribution in [0.25, 0.3) is 0 Å². The van der Waals surface area contributed by atoms with Crippen molar-refractivity contribution in [3.05, 3.63) is 92.8 Å². The van der Waals surface area contributed by atoms with E-state index in [0.29, 0.717) is 36.0 Å². The molecule has 1 heterocycles. The first kappa shape index (κ1) is 28.2. The lowest BCUT2D eigenvalue weighted by Crippen LogP contribution is -2.21. The third-order valence-electron chi connectivity index (χ3n) is 6.07. The summed E-state index contributed by atoms with van der Waals surface area (Å²) in [6.07, 6.45) is 2.68. The van der Waals surface area contributed by atoms with Crippen LogP contribution < -0.4 is 24.7 Å². The zero-order valence-electron chi connectivity index (χ0n) is 21.6. The smallest absolute Gasteiger partial charge is 0.343 e. The maximum atomic E-state index is 12.9. The first-order valence-corrected chi connectivity index (χ1v) is 13.4. The minimum absolute atomic E-state index is 0.0249. The van der Waals surface area contributed by atoms with Crippen LogP contribution >= 0.6 is 23.2 Å². The minimum Gasteiger partial charge on any atom is -0.493 e. The van der Waals surface area contributed by atoms with E-state index in [9.17, 15) is 10.1 Å².